The van der Waals surface area contributed by atoms with Crippen molar-refractivity contribution in [3.8, 4) is 0 Å². The third kappa shape index (κ3) is 3.05. The number of rotatable bonds is 4. The molecule has 1 aliphatic carbocycles. The summed E-state index contributed by atoms with van der Waals surface area (Å²) in [5.41, 5.74) is 1.22. The topological polar surface area (TPSA) is 24.9 Å². The van der Waals surface area contributed by atoms with Crippen molar-refractivity contribution >= 4 is 15.9 Å². The summed E-state index contributed by atoms with van der Waals surface area (Å²) in [4.78, 5) is 4.46. The molecule has 0 aliphatic heterocycles. The van der Waals surface area contributed by atoms with E-state index in [1.54, 1.807) is 0 Å². The Labute approximate surface area is 106 Å². The lowest BCUT2D eigenvalue weighted by molar-refractivity contribution is 0.403. The first-order valence-corrected chi connectivity index (χ1v) is 6.92. The maximum Gasteiger partial charge on any atom is 0.0413 e. The first-order chi connectivity index (χ1) is 7.79. The van der Waals surface area contributed by atoms with Crippen LogP contribution in [0, 0.1) is 5.92 Å². The minimum Gasteiger partial charge on any atom is -0.314 e. The molecule has 0 spiro atoms. The molecule has 0 radical (unpaired) electrons. The van der Waals surface area contributed by atoms with Crippen LogP contribution in [0.5, 0.6) is 0 Å². The highest BCUT2D eigenvalue weighted by atomic mass is 79.9. The fourth-order valence-electron chi connectivity index (χ4n) is 2.61. The van der Waals surface area contributed by atoms with Crippen LogP contribution in [0.15, 0.2) is 22.8 Å². The molecule has 2 unspecified atom stereocenters. The van der Waals surface area contributed by atoms with Gasteiger partial charge in [0.05, 0.1) is 0 Å². The first-order valence-electron chi connectivity index (χ1n) is 6.13. The summed E-state index contributed by atoms with van der Waals surface area (Å²) in [5.74, 6) is 0.772. The average Bonchev–Trinajstić information content (AvgIpc) is 2.70. The Morgan fingerprint density at radius 3 is 3.00 bits per heavy atom. The highest BCUT2D eigenvalue weighted by Gasteiger charge is 2.26. The van der Waals surface area contributed by atoms with E-state index in [2.05, 4.69) is 45.3 Å². The van der Waals surface area contributed by atoms with E-state index in [1.165, 1.54) is 25.0 Å². The molecule has 1 fully saturated rings. The van der Waals surface area contributed by atoms with Gasteiger partial charge in [-0.3, -0.25) is 4.98 Å². The van der Waals surface area contributed by atoms with Crippen LogP contribution in [0.4, 0.5) is 0 Å². The highest BCUT2D eigenvalue weighted by molar-refractivity contribution is 9.10. The third-order valence-electron chi connectivity index (χ3n) is 3.39. The highest BCUT2D eigenvalue weighted by Crippen LogP contribution is 2.28. The second kappa shape index (κ2) is 5.78. The zero-order valence-corrected chi connectivity index (χ0v) is 11.3. The van der Waals surface area contributed by atoms with Gasteiger partial charge in [0.25, 0.3) is 0 Å². The Hall–Kier alpha value is -0.410. The largest absolute Gasteiger partial charge is 0.314 e. The van der Waals surface area contributed by atoms with Crippen molar-refractivity contribution in [2.24, 2.45) is 5.92 Å². The molecule has 0 aromatic carbocycles. The van der Waals surface area contributed by atoms with E-state index in [9.17, 15) is 0 Å². The van der Waals surface area contributed by atoms with Gasteiger partial charge in [-0.2, -0.15) is 0 Å². The van der Waals surface area contributed by atoms with Crippen molar-refractivity contribution in [1.82, 2.24) is 10.3 Å². The maximum atomic E-state index is 4.46. The van der Waals surface area contributed by atoms with Gasteiger partial charge in [-0.25, -0.2) is 0 Å². The van der Waals surface area contributed by atoms with Gasteiger partial charge >= 0.3 is 0 Å². The van der Waals surface area contributed by atoms with Gasteiger partial charge in [0.2, 0.25) is 0 Å². The van der Waals surface area contributed by atoms with E-state index >= 15 is 0 Å². The Balaban J connectivity index is 1.95. The van der Waals surface area contributed by atoms with Gasteiger partial charge in [0.1, 0.15) is 0 Å². The van der Waals surface area contributed by atoms with Gasteiger partial charge in [-0.1, -0.05) is 13.3 Å². The number of hydrogen-bond acceptors (Lipinski definition) is 2. The quantitative estimate of drug-likeness (QED) is 0.918. The van der Waals surface area contributed by atoms with Crippen molar-refractivity contribution in [1.29, 1.82) is 0 Å². The summed E-state index contributed by atoms with van der Waals surface area (Å²) in [6.07, 6.45) is 7.04. The summed E-state index contributed by atoms with van der Waals surface area (Å²) in [5, 5.41) is 3.59. The number of aromatic nitrogens is 1. The molecule has 2 rings (SSSR count). The standard InChI is InChI=1S/C13H19BrN2/c1-2-15-13-5-3-4-10(13)8-12-7-6-11(14)9-16-12/h6-7,9-10,13,15H,2-5,8H2,1H3. The summed E-state index contributed by atoms with van der Waals surface area (Å²) in [7, 11) is 0. The summed E-state index contributed by atoms with van der Waals surface area (Å²) in [6.45, 7) is 3.27. The first kappa shape index (κ1) is 12.1. The molecule has 0 amide bonds. The van der Waals surface area contributed by atoms with Crippen molar-refractivity contribution in [2.45, 2.75) is 38.6 Å². The maximum absolute atomic E-state index is 4.46. The lowest BCUT2D eigenvalue weighted by Crippen LogP contribution is -2.33. The molecule has 1 N–H and O–H groups in total. The monoisotopic (exact) mass is 282 g/mol. The van der Waals surface area contributed by atoms with Gasteiger partial charge in [-0.15, -0.1) is 0 Å². The van der Waals surface area contributed by atoms with E-state index in [0.717, 1.165) is 23.4 Å². The molecule has 2 nitrogen and oxygen atoms in total. The SMILES string of the molecule is CCNC1CCCC1Cc1ccc(Br)cn1. The molecule has 88 valence electrons. The molecule has 0 saturated heterocycles. The van der Waals surface area contributed by atoms with Crippen LogP contribution < -0.4 is 5.32 Å². The van der Waals surface area contributed by atoms with Crippen molar-refractivity contribution in [2.75, 3.05) is 6.54 Å². The van der Waals surface area contributed by atoms with E-state index in [0.29, 0.717) is 6.04 Å². The summed E-state index contributed by atoms with van der Waals surface area (Å²) >= 11 is 3.42. The molecule has 1 heterocycles. The summed E-state index contributed by atoms with van der Waals surface area (Å²) in [6, 6.07) is 4.92. The molecule has 1 aromatic rings. The van der Waals surface area contributed by atoms with Gasteiger partial charge in [0, 0.05) is 22.4 Å². The van der Waals surface area contributed by atoms with Crippen molar-refractivity contribution in [3.63, 3.8) is 0 Å². The molecular formula is C13H19BrN2. The Morgan fingerprint density at radius 1 is 1.44 bits per heavy atom. The van der Waals surface area contributed by atoms with Crippen molar-refractivity contribution in [3.05, 3.63) is 28.5 Å². The molecule has 1 saturated carbocycles. The number of pyridine rings is 1. The minimum absolute atomic E-state index is 0.704. The van der Waals surface area contributed by atoms with Crippen LogP contribution in [0.3, 0.4) is 0 Å². The second-order valence-corrected chi connectivity index (χ2v) is 5.44. The van der Waals surface area contributed by atoms with E-state index < -0.39 is 0 Å². The number of hydrogen-bond donors (Lipinski definition) is 1. The van der Waals surface area contributed by atoms with Crippen LogP contribution >= 0.6 is 15.9 Å². The Kier molecular flexibility index (Phi) is 4.36. The fourth-order valence-corrected chi connectivity index (χ4v) is 2.84. The molecule has 2 atom stereocenters. The lowest BCUT2D eigenvalue weighted by atomic mass is 9.97. The van der Waals surface area contributed by atoms with Gasteiger partial charge < -0.3 is 5.32 Å². The third-order valence-corrected chi connectivity index (χ3v) is 3.85. The molecule has 0 bridgehead atoms. The van der Waals surface area contributed by atoms with Gasteiger partial charge in [0.15, 0.2) is 0 Å². The average molecular weight is 283 g/mol. The Morgan fingerprint density at radius 2 is 2.31 bits per heavy atom. The van der Waals surface area contributed by atoms with Crippen molar-refractivity contribution < 1.29 is 0 Å². The fraction of sp³-hybridized carbons (Fsp3) is 0.615. The van der Waals surface area contributed by atoms with Crippen LogP contribution in [-0.4, -0.2) is 17.6 Å². The van der Waals surface area contributed by atoms with Gasteiger partial charge in [-0.05, 0) is 59.8 Å². The normalized spacial score (nSPS) is 24.9. The second-order valence-electron chi connectivity index (χ2n) is 4.53. The molecular weight excluding hydrogens is 264 g/mol. The number of halogens is 1. The van der Waals surface area contributed by atoms with E-state index in [4.69, 9.17) is 0 Å². The minimum atomic E-state index is 0.704. The smallest absolute Gasteiger partial charge is 0.0413 e. The summed E-state index contributed by atoms with van der Waals surface area (Å²) < 4.78 is 1.06. The van der Waals surface area contributed by atoms with E-state index in [1.807, 2.05) is 6.20 Å². The number of nitrogens with one attached hydrogen (secondary N) is 1. The molecule has 1 aromatic heterocycles. The molecule has 16 heavy (non-hydrogen) atoms. The van der Waals surface area contributed by atoms with E-state index in [-0.39, 0.29) is 0 Å². The van der Waals surface area contributed by atoms with Crippen LogP contribution in [-0.2, 0) is 6.42 Å². The van der Waals surface area contributed by atoms with Crippen LogP contribution in [0.1, 0.15) is 31.9 Å². The zero-order valence-electron chi connectivity index (χ0n) is 9.75. The predicted molar refractivity (Wildman–Crippen MR) is 70.4 cm³/mol. The zero-order chi connectivity index (χ0) is 11.4. The number of nitrogens with zero attached hydrogens (tertiary/aromatic N) is 1. The van der Waals surface area contributed by atoms with Crippen LogP contribution in [0.2, 0.25) is 0 Å². The lowest BCUT2D eigenvalue weighted by Gasteiger charge is -2.19. The molecule has 3 heteroatoms. The molecule has 1 aliphatic rings. The predicted octanol–water partition coefficient (Wildman–Crippen LogP) is 3.16. The van der Waals surface area contributed by atoms with Crippen LogP contribution in [0.25, 0.3) is 0 Å². The Bertz CT molecular complexity index is 323.